The zero-order chi connectivity index (χ0) is 12.0. The van der Waals surface area contributed by atoms with Crippen LogP contribution in [0.1, 0.15) is 25.3 Å². The van der Waals surface area contributed by atoms with E-state index in [0.29, 0.717) is 5.02 Å². The maximum Gasteiger partial charge on any atom is 0.332 e. The molecule has 0 bridgehead atoms. The van der Waals surface area contributed by atoms with Gasteiger partial charge in [0, 0.05) is 5.02 Å². The molecule has 0 radical (unpaired) electrons. The smallest absolute Gasteiger partial charge is 0.332 e. The first-order valence-corrected chi connectivity index (χ1v) is 5.39. The van der Waals surface area contributed by atoms with Crippen molar-refractivity contribution in [3.63, 3.8) is 0 Å². The predicted octanol–water partition coefficient (Wildman–Crippen LogP) is 2.51. The Hall–Kier alpha value is -1.55. The third kappa shape index (κ3) is 3.90. The van der Waals surface area contributed by atoms with Crippen LogP contribution in [0.15, 0.2) is 29.4 Å². The second-order valence-corrected chi connectivity index (χ2v) is 3.73. The molecule has 1 rings (SSSR count). The molecule has 4 nitrogen and oxygen atoms in total. The number of nitrogens with two attached hydrogens (primary N) is 1. The molecule has 0 unspecified atom stereocenters. The molecule has 1 aromatic carbocycles. The van der Waals surface area contributed by atoms with Gasteiger partial charge in [-0.15, -0.1) is 0 Å². The van der Waals surface area contributed by atoms with Gasteiger partial charge in [-0.05, 0) is 24.1 Å². The number of carbonyl (C=O) groups excluding carboxylic acids is 1. The van der Waals surface area contributed by atoms with E-state index in [-0.39, 0.29) is 0 Å². The van der Waals surface area contributed by atoms with Gasteiger partial charge in [-0.2, -0.15) is 5.10 Å². The molecular weight excluding hydrogens is 226 g/mol. The van der Waals surface area contributed by atoms with E-state index < -0.39 is 6.03 Å². The summed E-state index contributed by atoms with van der Waals surface area (Å²) in [4.78, 5) is 10.6. The van der Waals surface area contributed by atoms with Gasteiger partial charge < -0.3 is 5.73 Å². The summed E-state index contributed by atoms with van der Waals surface area (Å²) in [6, 6.07) is 6.63. The van der Waals surface area contributed by atoms with Crippen molar-refractivity contribution < 1.29 is 4.79 Å². The molecule has 0 heterocycles. The maximum absolute atomic E-state index is 10.6. The first-order valence-electron chi connectivity index (χ1n) is 5.01. The number of nitrogens with one attached hydrogen (secondary N) is 1. The van der Waals surface area contributed by atoms with E-state index in [2.05, 4.69) is 10.5 Å². The SMILES string of the molecule is CCC/C(=N/NC(N)=O)c1ccc(Cl)cc1. The monoisotopic (exact) mass is 239 g/mol. The summed E-state index contributed by atoms with van der Waals surface area (Å²) >= 11 is 5.79. The molecule has 86 valence electrons. The van der Waals surface area contributed by atoms with Gasteiger partial charge in [0.15, 0.2) is 0 Å². The third-order valence-corrected chi connectivity index (χ3v) is 2.22. The highest BCUT2D eigenvalue weighted by molar-refractivity contribution is 6.30. The first-order chi connectivity index (χ1) is 7.63. The molecule has 5 heteroatoms. The summed E-state index contributed by atoms with van der Waals surface area (Å²) in [5, 5.41) is 4.63. The van der Waals surface area contributed by atoms with Crippen molar-refractivity contribution in [1.29, 1.82) is 0 Å². The predicted molar refractivity (Wildman–Crippen MR) is 65.6 cm³/mol. The third-order valence-electron chi connectivity index (χ3n) is 1.97. The zero-order valence-corrected chi connectivity index (χ0v) is 9.79. The van der Waals surface area contributed by atoms with Crippen LogP contribution in [0.3, 0.4) is 0 Å². The van der Waals surface area contributed by atoms with Gasteiger partial charge in [-0.25, -0.2) is 10.2 Å². The summed E-state index contributed by atoms with van der Waals surface area (Å²) in [5.41, 5.74) is 8.92. The number of nitrogens with zero attached hydrogens (tertiary/aromatic N) is 1. The van der Waals surface area contributed by atoms with Gasteiger partial charge >= 0.3 is 6.03 Å². The summed E-state index contributed by atoms with van der Waals surface area (Å²) in [5.74, 6) is 0. The Morgan fingerprint density at radius 2 is 2.06 bits per heavy atom. The number of hydrogen-bond donors (Lipinski definition) is 2. The van der Waals surface area contributed by atoms with E-state index in [9.17, 15) is 4.79 Å². The number of amides is 2. The van der Waals surface area contributed by atoms with Crippen molar-refractivity contribution in [1.82, 2.24) is 5.43 Å². The molecule has 0 aliphatic rings. The van der Waals surface area contributed by atoms with E-state index in [4.69, 9.17) is 17.3 Å². The van der Waals surface area contributed by atoms with E-state index in [0.717, 1.165) is 24.1 Å². The lowest BCUT2D eigenvalue weighted by Crippen LogP contribution is -2.26. The number of carbonyl (C=O) groups is 1. The van der Waals surface area contributed by atoms with E-state index in [1.807, 2.05) is 19.1 Å². The van der Waals surface area contributed by atoms with E-state index in [1.54, 1.807) is 12.1 Å². The lowest BCUT2D eigenvalue weighted by atomic mass is 10.1. The maximum atomic E-state index is 10.6. The molecular formula is C11H14ClN3O. The first kappa shape index (κ1) is 12.5. The average molecular weight is 240 g/mol. The molecule has 0 aromatic heterocycles. The molecule has 3 N–H and O–H groups in total. The minimum Gasteiger partial charge on any atom is -0.350 e. The molecule has 1 aromatic rings. The van der Waals surface area contributed by atoms with Crippen molar-refractivity contribution in [2.24, 2.45) is 10.8 Å². The number of halogens is 1. The highest BCUT2D eigenvalue weighted by atomic mass is 35.5. The summed E-state index contributed by atoms with van der Waals surface area (Å²) < 4.78 is 0. The number of hydrazone groups is 1. The Bertz CT molecular complexity index is 387. The molecule has 0 saturated carbocycles. The normalized spacial score (nSPS) is 11.2. The highest BCUT2D eigenvalue weighted by Gasteiger charge is 2.03. The Morgan fingerprint density at radius 3 is 2.56 bits per heavy atom. The molecule has 16 heavy (non-hydrogen) atoms. The number of rotatable bonds is 4. The van der Waals surface area contributed by atoms with Crippen molar-refractivity contribution in [3.05, 3.63) is 34.9 Å². The van der Waals surface area contributed by atoms with Crippen LogP contribution in [0.2, 0.25) is 5.02 Å². The molecule has 0 aliphatic carbocycles. The molecule has 0 fully saturated rings. The minimum absolute atomic E-state index is 0.664. The van der Waals surface area contributed by atoms with Gasteiger partial charge in [-0.3, -0.25) is 0 Å². The molecule has 2 amide bonds. The van der Waals surface area contributed by atoms with Gasteiger partial charge in [0.2, 0.25) is 0 Å². The Balaban J connectivity index is 2.88. The van der Waals surface area contributed by atoms with Crippen LogP contribution in [0.25, 0.3) is 0 Å². The van der Waals surface area contributed by atoms with Crippen molar-refractivity contribution in [3.8, 4) is 0 Å². The molecule has 0 atom stereocenters. The van der Waals surface area contributed by atoms with Crippen LogP contribution < -0.4 is 11.2 Å². The average Bonchev–Trinajstić information content (AvgIpc) is 2.25. The van der Waals surface area contributed by atoms with Gasteiger partial charge in [0.1, 0.15) is 0 Å². The Labute approximate surface area is 99.5 Å². The molecule has 0 aliphatic heterocycles. The summed E-state index contributed by atoms with van der Waals surface area (Å²) in [6.45, 7) is 2.04. The molecule has 0 saturated heterocycles. The lowest BCUT2D eigenvalue weighted by Gasteiger charge is -2.05. The fourth-order valence-electron chi connectivity index (χ4n) is 1.27. The minimum atomic E-state index is -0.664. The summed E-state index contributed by atoms with van der Waals surface area (Å²) in [6.07, 6.45) is 1.70. The second-order valence-electron chi connectivity index (χ2n) is 3.29. The fraction of sp³-hybridized carbons (Fsp3) is 0.273. The van der Waals surface area contributed by atoms with E-state index >= 15 is 0 Å². The lowest BCUT2D eigenvalue weighted by molar-refractivity contribution is 0.249. The number of hydrogen-bond acceptors (Lipinski definition) is 2. The number of benzene rings is 1. The topological polar surface area (TPSA) is 67.5 Å². The highest BCUT2D eigenvalue weighted by Crippen LogP contribution is 2.12. The van der Waals surface area contributed by atoms with Crippen molar-refractivity contribution in [2.45, 2.75) is 19.8 Å². The Kier molecular flexibility index (Phi) is 4.79. The van der Waals surface area contributed by atoms with Crippen LogP contribution in [0.5, 0.6) is 0 Å². The zero-order valence-electron chi connectivity index (χ0n) is 9.03. The quantitative estimate of drug-likeness (QED) is 0.615. The van der Waals surface area contributed by atoms with Gasteiger partial charge in [0.05, 0.1) is 5.71 Å². The van der Waals surface area contributed by atoms with Crippen LogP contribution in [-0.4, -0.2) is 11.7 Å². The number of urea groups is 1. The van der Waals surface area contributed by atoms with Crippen LogP contribution in [0.4, 0.5) is 4.79 Å². The number of primary amides is 1. The van der Waals surface area contributed by atoms with Crippen LogP contribution in [0, 0.1) is 0 Å². The largest absolute Gasteiger partial charge is 0.350 e. The fourth-order valence-corrected chi connectivity index (χ4v) is 1.39. The van der Waals surface area contributed by atoms with Crippen LogP contribution in [-0.2, 0) is 0 Å². The van der Waals surface area contributed by atoms with Crippen LogP contribution >= 0.6 is 11.6 Å². The van der Waals surface area contributed by atoms with Gasteiger partial charge in [-0.1, -0.05) is 37.1 Å². The Morgan fingerprint density at radius 1 is 1.44 bits per heavy atom. The van der Waals surface area contributed by atoms with Crippen molar-refractivity contribution in [2.75, 3.05) is 0 Å². The summed E-state index contributed by atoms with van der Waals surface area (Å²) in [7, 11) is 0. The van der Waals surface area contributed by atoms with E-state index in [1.165, 1.54) is 0 Å². The molecule has 0 spiro atoms. The second kappa shape index (κ2) is 6.12. The standard InChI is InChI=1S/C11H14ClN3O/c1-2-3-10(14-15-11(13)16)8-4-6-9(12)7-5-8/h4-7H,2-3H2,1H3,(H3,13,15,16)/b14-10-. The van der Waals surface area contributed by atoms with Gasteiger partial charge in [0.25, 0.3) is 0 Å². The van der Waals surface area contributed by atoms with Crippen molar-refractivity contribution >= 4 is 23.3 Å².